The average molecular weight is 282 g/mol. The van der Waals surface area contributed by atoms with Crippen LogP contribution in [0.25, 0.3) is 0 Å². The molecular formula is C15H26N2O3. The summed E-state index contributed by atoms with van der Waals surface area (Å²) >= 11 is 0. The quantitative estimate of drug-likeness (QED) is 0.774. The lowest BCUT2D eigenvalue weighted by Crippen LogP contribution is -2.43. The van der Waals surface area contributed by atoms with Gasteiger partial charge in [0.05, 0.1) is 5.92 Å². The number of amides is 1. The summed E-state index contributed by atoms with van der Waals surface area (Å²) in [6.45, 7) is 2.82. The van der Waals surface area contributed by atoms with Crippen molar-refractivity contribution in [1.29, 1.82) is 0 Å². The van der Waals surface area contributed by atoms with Gasteiger partial charge in [-0.1, -0.05) is 0 Å². The molecule has 1 unspecified atom stereocenters. The van der Waals surface area contributed by atoms with E-state index in [-0.39, 0.29) is 17.7 Å². The van der Waals surface area contributed by atoms with Crippen molar-refractivity contribution in [2.75, 3.05) is 13.6 Å². The standard InChI is InChI=1S/C15H26N2O3/c1-10(17(2)13-7-8-13)9-16-14(18)11-3-5-12(6-4-11)15(19)20/h10-13H,3-9H2,1-2H3,(H,16,18)(H,19,20). The molecule has 2 rings (SSSR count). The van der Waals surface area contributed by atoms with Gasteiger partial charge in [-0.3, -0.25) is 14.5 Å². The molecule has 0 bridgehead atoms. The number of hydrogen-bond donors (Lipinski definition) is 2. The molecule has 1 atom stereocenters. The fourth-order valence-electron chi connectivity index (χ4n) is 2.98. The van der Waals surface area contributed by atoms with E-state index in [0.717, 1.165) is 0 Å². The van der Waals surface area contributed by atoms with Crippen molar-refractivity contribution in [2.45, 2.75) is 57.5 Å². The summed E-state index contributed by atoms with van der Waals surface area (Å²) in [5.74, 6) is -0.864. The summed E-state index contributed by atoms with van der Waals surface area (Å²) in [7, 11) is 2.12. The zero-order valence-corrected chi connectivity index (χ0v) is 12.5. The van der Waals surface area contributed by atoms with Crippen molar-refractivity contribution in [2.24, 2.45) is 11.8 Å². The van der Waals surface area contributed by atoms with E-state index in [2.05, 4.69) is 24.2 Å². The van der Waals surface area contributed by atoms with Crippen molar-refractivity contribution in [3.8, 4) is 0 Å². The maximum absolute atomic E-state index is 12.1. The summed E-state index contributed by atoms with van der Waals surface area (Å²) in [5.41, 5.74) is 0. The fourth-order valence-corrected chi connectivity index (χ4v) is 2.98. The molecule has 0 saturated heterocycles. The lowest BCUT2D eigenvalue weighted by molar-refractivity contribution is -0.144. The van der Waals surface area contributed by atoms with Gasteiger partial charge >= 0.3 is 5.97 Å². The number of carbonyl (C=O) groups excluding carboxylic acids is 1. The molecule has 0 spiro atoms. The number of carboxylic acid groups (broad SMARTS) is 1. The minimum absolute atomic E-state index is 0.00373. The highest BCUT2D eigenvalue weighted by Gasteiger charge is 2.31. The third kappa shape index (κ3) is 3.95. The molecule has 20 heavy (non-hydrogen) atoms. The molecule has 0 aliphatic heterocycles. The molecular weight excluding hydrogens is 256 g/mol. The van der Waals surface area contributed by atoms with Gasteiger partial charge in [0.1, 0.15) is 0 Å². The lowest BCUT2D eigenvalue weighted by atomic mass is 9.81. The third-order valence-corrected chi connectivity index (χ3v) is 4.84. The van der Waals surface area contributed by atoms with Gasteiger partial charge in [0.25, 0.3) is 0 Å². The SMILES string of the molecule is CC(CNC(=O)C1CCC(C(=O)O)CC1)N(C)C1CC1. The Morgan fingerprint density at radius 1 is 1.15 bits per heavy atom. The molecule has 0 radical (unpaired) electrons. The van der Waals surface area contributed by atoms with Gasteiger partial charge < -0.3 is 10.4 Å². The van der Waals surface area contributed by atoms with Crippen LogP contribution >= 0.6 is 0 Å². The Kier molecular flexibility index (Phi) is 5.02. The number of rotatable bonds is 6. The Labute approximate surface area is 120 Å². The first kappa shape index (κ1) is 15.3. The second-order valence-electron chi connectivity index (χ2n) is 6.38. The molecule has 5 nitrogen and oxygen atoms in total. The van der Waals surface area contributed by atoms with Crippen LogP contribution in [0.1, 0.15) is 45.4 Å². The van der Waals surface area contributed by atoms with Gasteiger partial charge in [-0.05, 0) is 52.5 Å². The van der Waals surface area contributed by atoms with Crippen LogP contribution in [0, 0.1) is 11.8 Å². The largest absolute Gasteiger partial charge is 0.481 e. The second-order valence-corrected chi connectivity index (χ2v) is 6.38. The van der Waals surface area contributed by atoms with Crippen molar-refractivity contribution >= 4 is 11.9 Å². The lowest BCUT2D eigenvalue weighted by Gasteiger charge is -2.28. The topological polar surface area (TPSA) is 69.6 Å². The number of likely N-dealkylation sites (N-methyl/N-ethyl adjacent to an activating group) is 1. The molecule has 2 fully saturated rings. The average Bonchev–Trinajstić information content (AvgIpc) is 3.28. The minimum atomic E-state index is -0.719. The molecule has 0 aromatic carbocycles. The molecule has 2 aliphatic rings. The van der Waals surface area contributed by atoms with Gasteiger partial charge in [-0.2, -0.15) is 0 Å². The Balaban J connectivity index is 1.68. The first-order valence-electron chi connectivity index (χ1n) is 7.71. The van der Waals surface area contributed by atoms with Gasteiger partial charge in [-0.15, -0.1) is 0 Å². The first-order valence-corrected chi connectivity index (χ1v) is 7.71. The normalized spacial score (nSPS) is 28.1. The number of hydrogen-bond acceptors (Lipinski definition) is 3. The van der Waals surface area contributed by atoms with Gasteiger partial charge in [0.15, 0.2) is 0 Å². The Morgan fingerprint density at radius 2 is 1.70 bits per heavy atom. The van der Waals surface area contributed by atoms with Gasteiger partial charge in [0, 0.05) is 24.5 Å². The van der Waals surface area contributed by atoms with E-state index >= 15 is 0 Å². The Morgan fingerprint density at radius 3 is 2.20 bits per heavy atom. The molecule has 2 N–H and O–H groups in total. The van der Waals surface area contributed by atoms with Crippen LogP contribution in [0.5, 0.6) is 0 Å². The molecule has 1 amide bonds. The van der Waals surface area contributed by atoms with Crippen LogP contribution in [0.4, 0.5) is 0 Å². The smallest absolute Gasteiger partial charge is 0.306 e. The van der Waals surface area contributed by atoms with E-state index in [1.165, 1.54) is 12.8 Å². The summed E-state index contributed by atoms with van der Waals surface area (Å²) < 4.78 is 0. The Hall–Kier alpha value is -1.10. The number of aliphatic carboxylic acids is 1. The van der Waals surface area contributed by atoms with Crippen LogP contribution in [0.2, 0.25) is 0 Å². The van der Waals surface area contributed by atoms with Crippen LogP contribution in [-0.4, -0.2) is 47.6 Å². The third-order valence-electron chi connectivity index (χ3n) is 4.84. The summed E-state index contributed by atoms with van der Waals surface area (Å²) in [4.78, 5) is 25.3. The Bertz CT molecular complexity index is 360. The predicted octanol–water partition coefficient (Wildman–Crippen LogP) is 1.48. The highest BCUT2D eigenvalue weighted by molar-refractivity contribution is 5.79. The highest BCUT2D eigenvalue weighted by atomic mass is 16.4. The van der Waals surface area contributed by atoms with Crippen molar-refractivity contribution < 1.29 is 14.7 Å². The second kappa shape index (κ2) is 6.57. The van der Waals surface area contributed by atoms with E-state index in [1.807, 2.05) is 0 Å². The molecule has 0 aromatic rings. The predicted molar refractivity (Wildman–Crippen MR) is 76.3 cm³/mol. The van der Waals surface area contributed by atoms with Crippen LogP contribution < -0.4 is 5.32 Å². The maximum atomic E-state index is 12.1. The maximum Gasteiger partial charge on any atom is 0.306 e. The highest BCUT2D eigenvalue weighted by Crippen LogP contribution is 2.29. The molecule has 0 heterocycles. The zero-order chi connectivity index (χ0) is 14.7. The summed E-state index contributed by atoms with van der Waals surface area (Å²) in [5, 5.41) is 12.0. The summed E-state index contributed by atoms with van der Waals surface area (Å²) in [6.07, 6.45) is 5.21. The van der Waals surface area contributed by atoms with Crippen LogP contribution in [-0.2, 0) is 9.59 Å². The van der Waals surface area contributed by atoms with Crippen LogP contribution in [0.15, 0.2) is 0 Å². The van der Waals surface area contributed by atoms with E-state index in [4.69, 9.17) is 5.11 Å². The monoisotopic (exact) mass is 282 g/mol. The van der Waals surface area contributed by atoms with E-state index in [9.17, 15) is 9.59 Å². The molecule has 2 saturated carbocycles. The number of nitrogens with zero attached hydrogens (tertiary/aromatic N) is 1. The molecule has 2 aliphatic carbocycles. The number of carbonyl (C=O) groups is 2. The van der Waals surface area contributed by atoms with Crippen LogP contribution in [0.3, 0.4) is 0 Å². The van der Waals surface area contributed by atoms with Crippen molar-refractivity contribution in [3.05, 3.63) is 0 Å². The van der Waals surface area contributed by atoms with Gasteiger partial charge in [-0.25, -0.2) is 0 Å². The zero-order valence-electron chi connectivity index (χ0n) is 12.5. The van der Waals surface area contributed by atoms with Gasteiger partial charge in [0.2, 0.25) is 5.91 Å². The number of carboxylic acids is 1. The van der Waals surface area contributed by atoms with Crippen molar-refractivity contribution in [1.82, 2.24) is 10.2 Å². The van der Waals surface area contributed by atoms with E-state index in [0.29, 0.717) is 44.3 Å². The van der Waals surface area contributed by atoms with Crippen molar-refractivity contribution in [3.63, 3.8) is 0 Å². The number of nitrogens with one attached hydrogen (secondary N) is 1. The first-order chi connectivity index (χ1) is 9.49. The molecule has 114 valence electrons. The summed E-state index contributed by atoms with van der Waals surface area (Å²) in [6, 6.07) is 1.06. The molecule has 5 heteroatoms. The fraction of sp³-hybridized carbons (Fsp3) is 0.867. The molecule has 0 aromatic heterocycles. The minimum Gasteiger partial charge on any atom is -0.481 e. The van der Waals surface area contributed by atoms with E-state index < -0.39 is 5.97 Å². The van der Waals surface area contributed by atoms with E-state index in [1.54, 1.807) is 0 Å².